The molecule has 26 heavy (non-hydrogen) atoms. The predicted octanol–water partition coefficient (Wildman–Crippen LogP) is 2.20. The molecule has 1 aromatic carbocycles. The number of carbonyl (C=O) groups is 2. The molecule has 7 nitrogen and oxygen atoms in total. The number of aryl methyl sites for hydroxylation is 1. The first kappa shape index (κ1) is 17.3. The third-order valence-electron chi connectivity index (χ3n) is 3.89. The maximum Gasteiger partial charge on any atom is 0.338 e. The largest absolute Gasteiger partial charge is 0.465 e. The van der Waals surface area contributed by atoms with E-state index in [0.29, 0.717) is 0 Å². The van der Waals surface area contributed by atoms with Crippen molar-refractivity contribution in [3.8, 4) is 11.3 Å². The molecule has 0 radical (unpaired) electrons. The average molecular weight is 350 g/mol. The zero-order chi connectivity index (χ0) is 18.5. The van der Waals surface area contributed by atoms with E-state index in [2.05, 4.69) is 15.4 Å². The maximum absolute atomic E-state index is 12.6. The van der Waals surface area contributed by atoms with Gasteiger partial charge in [0.05, 0.1) is 30.1 Å². The summed E-state index contributed by atoms with van der Waals surface area (Å²) in [6.07, 6.45) is 5.28. The van der Waals surface area contributed by atoms with Gasteiger partial charge in [-0.25, -0.2) is 4.79 Å². The normalized spacial score (nSPS) is 10.4. The van der Waals surface area contributed by atoms with Crippen LogP contribution in [0, 0.1) is 0 Å². The first-order chi connectivity index (χ1) is 12.6. The fourth-order valence-corrected chi connectivity index (χ4v) is 2.62. The first-order valence-corrected chi connectivity index (χ1v) is 7.98. The SMILES string of the molecule is COC(=O)c1ccccc1C(=O)NCc1cccnc1-c1cnn(C)c1. The Morgan fingerprint density at radius 3 is 2.62 bits per heavy atom. The molecule has 0 aliphatic carbocycles. The van der Waals surface area contributed by atoms with Gasteiger partial charge in [-0.3, -0.25) is 14.5 Å². The van der Waals surface area contributed by atoms with Crippen molar-refractivity contribution in [1.82, 2.24) is 20.1 Å². The predicted molar refractivity (Wildman–Crippen MR) is 95.4 cm³/mol. The average Bonchev–Trinajstić information content (AvgIpc) is 3.11. The van der Waals surface area contributed by atoms with E-state index in [0.717, 1.165) is 16.8 Å². The number of nitrogens with one attached hydrogen (secondary N) is 1. The van der Waals surface area contributed by atoms with E-state index in [-0.39, 0.29) is 23.6 Å². The van der Waals surface area contributed by atoms with E-state index < -0.39 is 5.97 Å². The smallest absolute Gasteiger partial charge is 0.338 e. The summed E-state index contributed by atoms with van der Waals surface area (Å²) in [5.41, 5.74) is 2.97. The standard InChI is InChI=1S/C19H18N4O3/c1-23-12-14(11-22-23)17-13(6-5-9-20-17)10-21-18(24)15-7-3-4-8-16(15)19(25)26-2/h3-9,11-12H,10H2,1-2H3,(H,21,24). The number of methoxy groups -OCH3 is 1. The van der Waals surface area contributed by atoms with Gasteiger partial charge >= 0.3 is 5.97 Å². The molecule has 3 aromatic rings. The summed E-state index contributed by atoms with van der Waals surface area (Å²) in [5, 5.41) is 6.99. The number of rotatable bonds is 5. The van der Waals surface area contributed by atoms with E-state index in [4.69, 9.17) is 4.74 Å². The minimum Gasteiger partial charge on any atom is -0.465 e. The van der Waals surface area contributed by atoms with Gasteiger partial charge in [-0.15, -0.1) is 0 Å². The Balaban J connectivity index is 1.81. The third kappa shape index (κ3) is 3.61. The number of aromatic nitrogens is 3. The first-order valence-electron chi connectivity index (χ1n) is 7.98. The maximum atomic E-state index is 12.6. The van der Waals surface area contributed by atoms with Crippen LogP contribution in [0.25, 0.3) is 11.3 Å². The lowest BCUT2D eigenvalue weighted by Crippen LogP contribution is -2.25. The van der Waals surface area contributed by atoms with Crippen LogP contribution in [0.3, 0.4) is 0 Å². The van der Waals surface area contributed by atoms with Crippen molar-refractivity contribution in [1.29, 1.82) is 0 Å². The highest BCUT2D eigenvalue weighted by molar-refractivity contribution is 6.05. The molecule has 0 bridgehead atoms. The van der Waals surface area contributed by atoms with Crippen LogP contribution in [0.1, 0.15) is 26.3 Å². The van der Waals surface area contributed by atoms with E-state index in [1.807, 2.05) is 25.4 Å². The van der Waals surface area contributed by atoms with Gasteiger partial charge in [0.15, 0.2) is 0 Å². The third-order valence-corrected chi connectivity index (χ3v) is 3.89. The Kier molecular flexibility index (Phi) is 5.07. The molecule has 1 N–H and O–H groups in total. The highest BCUT2D eigenvalue weighted by Crippen LogP contribution is 2.20. The summed E-state index contributed by atoms with van der Waals surface area (Å²) in [4.78, 5) is 28.8. The van der Waals surface area contributed by atoms with Crippen molar-refractivity contribution in [3.63, 3.8) is 0 Å². The molecule has 0 fully saturated rings. The number of nitrogens with zero attached hydrogens (tertiary/aromatic N) is 3. The van der Waals surface area contributed by atoms with Crippen molar-refractivity contribution in [2.75, 3.05) is 7.11 Å². The number of hydrogen-bond acceptors (Lipinski definition) is 5. The molecule has 3 rings (SSSR count). The Hall–Kier alpha value is -3.48. The second-order valence-electron chi connectivity index (χ2n) is 5.63. The number of pyridine rings is 1. The summed E-state index contributed by atoms with van der Waals surface area (Å²) in [6.45, 7) is 0.270. The molecule has 1 amide bonds. The van der Waals surface area contributed by atoms with Crippen LogP contribution >= 0.6 is 0 Å². The lowest BCUT2D eigenvalue weighted by molar-refractivity contribution is 0.0596. The zero-order valence-corrected chi connectivity index (χ0v) is 14.5. The molecule has 0 unspecified atom stereocenters. The summed E-state index contributed by atoms with van der Waals surface area (Å²) in [6, 6.07) is 10.2. The van der Waals surface area contributed by atoms with E-state index >= 15 is 0 Å². The van der Waals surface area contributed by atoms with Gasteiger partial charge < -0.3 is 10.1 Å². The Morgan fingerprint density at radius 2 is 1.92 bits per heavy atom. The number of ether oxygens (including phenoxy) is 1. The lowest BCUT2D eigenvalue weighted by Gasteiger charge is -2.11. The molecular formula is C19H18N4O3. The van der Waals surface area contributed by atoms with Crippen LogP contribution in [-0.2, 0) is 18.3 Å². The van der Waals surface area contributed by atoms with Gasteiger partial charge in [0.1, 0.15) is 0 Å². The van der Waals surface area contributed by atoms with E-state index in [9.17, 15) is 9.59 Å². The van der Waals surface area contributed by atoms with Crippen LogP contribution < -0.4 is 5.32 Å². The number of esters is 1. The number of benzene rings is 1. The topological polar surface area (TPSA) is 86.1 Å². The minimum absolute atomic E-state index is 0.228. The Bertz CT molecular complexity index is 949. The summed E-state index contributed by atoms with van der Waals surface area (Å²) < 4.78 is 6.42. The molecule has 2 heterocycles. The molecule has 0 atom stereocenters. The van der Waals surface area contributed by atoms with Gasteiger partial charge in [0.25, 0.3) is 5.91 Å². The molecule has 7 heteroatoms. The molecular weight excluding hydrogens is 332 g/mol. The van der Waals surface area contributed by atoms with Crippen LogP contribution in [0.4, 0.5) is 0 Å². The van der Waals surface area contributed by atoms with E-state index in [1.165, 1.54) is 7.11 Å². The van der Waals surface area contributed by atoms with Crippen molar-refractivity contribution >= 4 is 11.9 Å². The number of hydrogen-bond donors (Lipinski definition) is 1. The lowest BCUT2D eigenvalue weighted by atomic mass is 10.1. The molecule has 132 valence electrons. The van der Waals surface area contributed by atoms with Gasteiger partial charge in [0.2, 0.25) is 0 Å². The Labute approximate surface area is 150 Å². The fourth-order valence-electron chi connectivity index (χ4n) is 2.62. The van der Waals surface area contributed by atoms with Crippen molar-refractivity contribution in [2.24, 2.45) is 7.05 Å². The quantitative estimate of drug-likeness (QED) is 0.713. The van der Waals surface area contributed by atoms with Crippen LogP contribution in [0.5, 0.6) is 0 Å². The minimum atomic E-state index is -0.548. The molecule has 0 saturated heterocycles. The van der Waals surface area contributed by atoms with Gasteiger partial charge in [-0.1, -0.05) is 18.2 Å². The highest BCUT2D eigenvalue weighted by Gasteiger charge is 2.17. The van der Waals surface area contributed by atoms with Gasteiger partial charge in [-0.2, -0.15) is 5.10 Å². The summed E-state index contributed by atoms with van der Waals surface area (Å²) in [5.74, 6) is -0.903. The zero-order valence-electron chi connectivity index (χ0n) is 14.5. The van der Waals surface area contributed by atoms with E-state index in [1.54, 1.807) is 41.3 Å². The van der Waals surface area contributed by atoms with Gasteiger partial charge in [-0.05, 0) is 23.8 Å². The molecule has 0 aliphatic heterocycles. The van der Waals surface area contributed by atoms with Crippen molar-refractivity contribution < 1.29 is 14.3 Å². The number of amides is 1. The number of carbonyl (C=O) groups excluding carboxylic acids is 2. The summed E-state index contributed by atoms with van der Waals surface area (Å²) in [7, 11) is 3.12. The second-order valence-corrected chi connectivity index (χ2v) is 5.63. The van der Waals surface area contributed by atoms with Crippen LogP contribution in [-0.4, -0.2) is 33.8 Å². The van der Waals surface area contributed by atoms with Crippen LogP contribution in [0.15, 0.2) is 55.0 Å². The molecule has 2 aromatic heterocycles. The highest BCUT2D eigenvalue weighted by atomic mass is 16.5. The van der Waals surface area contributed by atoms with Gasteiger partial charge in [0, 0.05) is 31.5 Å². The molecule has 0 saturated carbocycles. The molecule has 0 aliphatic rings. The second kappa shape index (κ2) is 7.60. The Morgan fingerprint density at radius 1 is 1.15 bits per heavy atom. The molecule has 0 spiro atoms. The fraction of sp³-hybridized carbons (Fsp3) is 0.158. The monoisotopic (exact) mass is 350 g/mol. The van der Waals surface area contributed by atoms with Crippen molar-refractivity contribution in [2.45, 2.75) is 6.54 Å². The summed E-state index contributed by atoms with van der Waals surface area (Å²) >= 11 is 0. The van der Waals surface area contributed by atoms with Crippen LogP contribution in [0.2, 0.25) is 0 Å². The van der Waals surface area contributed by atoms with Crippen molar-refractivity contribution in [3.05, 3.63) is 71.7 Å².